The Morgan fingerprint density at radius 2 is 1.82 bits per heavy atom. The van der Waals surface area contributed by atoms with Crippen LogP contribution < -0.4 is 4.74 Å². The van der Waals surface area contributed by atoms with Gasteiger partial charge in [-0.3, -0.25) is 9.59 Å². The zero-order valence-electron chi connectivity index (χ0n) is 21.4. The molecule has 39 heavy (non-hydrogen) atoms. The molecule has 0 saturated carbocycles. The molecule has 0 aliphatic heterocycles. The molecule has 0 atom stereocenters. The first-order valence-corrected chi connectivity index (χ1v) is 13.3. The molecular formula is C29H26F2N2O5S. The fraction of sp³-hybridized carbons (Fsp3) is 0.207. The van der Waals surface area contributed by atoms with Crippen LogP contribution in [0.2, 0.25) is 0 Å². The van der Waals surface area contributed by atoms with Gasteiger partial charge in [-0.2, -0.15) is 0 Å². The van der Waals surface area contributed by atoms with Crippen molar-refractivity contribution in [3.63, 3.8) is 0 Å². The number of rotatable bonds is 11. The van der Waals surface area contributed by atoms with Crippen molar-refractivity contribution < 1.29 is 32.3 Å². The summed E-state index contributed by atoms with van der Waals surface area (Å²) in [6.45, 7) is 1.93. The predicted octanol–water partition coefficient (Wildman–Crippen LogP) is 6.13. The van der Waals surface area contributed by atoms with E-state index in [1.165, 1.54) is 41.5 Å². The second-order valence-corrected chi connectivity index (χ2v) is 9.27. The third kappa shape index (κ3) is 7.23. The summed E-state index contributed by atoms with van der Waals surface area (Å²) in [4.78, 5) is 31.4. The maximum atomic E-state index is 13.8. The van der Waals surface area contributed by atoms with E-state index in [2.05, 4.69) is 4.98 Å². The maximum absolute atomic E-state index is 13.8. The monoisotopic (exact) mass is 552 g/mol. The number of ether oxygens (including phenoxy) is 2. The molecular weight excluding hydrogens is 526 g/mol. The molecule has 0 aliphatic rings. The molecule has 4 aromatic rings. The van der Waals surface area contributed by atoms with Crippen molar-refractivity contribution in [2.75, 3.05) is 19.4 Å². The van der Waals surface area contributed by atoms with E-state index in [1.54, 1.807) is 55.6 Å². The second-order valence-electron chi connectivity index (χ2n) is 8.43. The van der Waals surface area contributed by atoms with Crippen molar-refractivity contribution in [3.05, 3.63) is 102 Å². The summed E-state index contributed by atoms with van der Waals surface area (Å²) in [6.07, 6.45) is 4.47. The molecule has 7 nitrogen and oxygen atoms in total. The normalized spacial score (nSPS) is 10.8. The lowest BCUT2D eigenvalue weighted by molar-refractivity contribution is -0.143. The van der Waals surface area contributed by atoms with Crippen molar-refractivity contribution in [2.45, 2.75) is 25.0 Å². The zero-order chi connectivity index (χ0) is 27.8. The zero-order valence-corrected chi connectivity index (χ0v) is 22.2. The van der Waals surface area contributed by atoms with Gasteiger partial charge >= 0.3 is 5.97 Å². The van der Waals surface area contributed by atoms with Crippen LogP contribution in [0.4, 0.5) is 8.78 Å². The summed E-state index contributed by atoms with van der Waals surface area (Å²) in [5.74, 6) is -2.11. The third-order valence-electron chi connectivity index (χ3n) is 5.74. The second kappa shape index (κ2) is 13.1. The van der Waals surface area contributed by atoms with Crippen molar-refractivity contribution >= 4 is 23.6 Å². The first kappa shape index (κ1) is 27.8. The molecule has 0 spiro atoms. The Morgan fingerprint density at radius 1 is 1.05 bits per heavy atom. The highest BCUT2D eigenvalue weighted by atomic mass is 32.2. The number of carbonyl (C=O) groups is 2. The molecule has 202 valence electrons. The molecule has 0 N–H and O–H groups in total. The number of aromatic nitrogens is 1. The number of thioether (sulfide) groups is 1. The Morgan fingerprint density at radius 3 is 2.51 bits per heavy atom. The molecule has 10 heteroatoms. The molecule has 0 bridgehead atoms. The van der Waals surface area contributed by atoms with Crippen LogP contribution >= 0.6 is 11.8 Å². The molecule has 0 radical (unpaired) electrons. The van der Waals surface area contributed by atoms with Crippen molar-refractivity contribution in [3.8, 4) is 16.9 Å². The van der Waals surface area contributed by atoms with E-state index in [-0.39, 0.29) is 32.2 Å². The quantitative estimate of drug-likeness (QED) is 0.164. The lowest BCUT2D eigenvalue weighted by Crippen LogP contribution is -2.36. The van der Waals surface area contributed by atoms with Gasteiger partial charge in [0.2, 0.25) is 0 Å². The molecule has 1 aromatic heterocycles. The van der Waals surface area contributed by atoms with Gasteiger partial charge in [-0.1, -0.05) is 24.3 Å². The topological polar surface area (TPSA) is 81.9 Å². The van der Waals surface area contributed by atoms with Gasteiger partial charge in [-0.05, 0) is 66.3 Å². The lowest BCUT2D eigenvalue weighted by atomic mass is 10.1. The Labute approximate surface area is 228 Å². The van der Waals surface area contributed by atoms with Crippen LogP contribution in [0.3, 0.4) is 0 Å². The number of carbonyl (C=O) groups excluding carboxylic acids is 2. The van der Waals surface area contributed by atoms with Gasteiger partial charge in [-0.15, -0.1) is 11.8 Å². The molecule has 0 fully saturated rings. The largest absolute Gasteiger partial charge is 0.489 e. The third-order valence-corrected chi connectivity index (χ3v) is 6.51. The van der Waals surface area contributed by atoms with Gasteiger partial charge in [-0.25, -0.2) is 13.8 Å². The van der Waals surface area contributed by atoms with Crippen LogP contribution in [-0.2, 0) is 22.7 Å². The van der Waals surface area contributed by atoms with Crippen molar-refractivity contribution in [1.29, 1.82) is 0 Å². The highest BCUT2D eigenvalue weighted by Crippen LogP contribution is 2.33. The highest BCUT2D eigenvalue weighted by molar-refractivity contribution is 7.98. The number of oxazole rings is 1. The number of halogens is 2. The van der Waals surface area contributed by atoms with Gasteiger partial charge < -0.3 is 18.8 Å². The van der Waals surface area contributed by atoms with E-state index in [1.807, 2.05) is 6.07 Å². The van der Waals surface area contributed by atoms with E-state index in [9.17, 15) is 18.4 Å². The first-order valence-electron chi connectivity index (χ1n) is 12.0. The summed E-state index contributed by atoms with van der Waals surface area (Å²) in [5.41, 5.74) is 2.95. The summed E-state index contributed by atoms with van der Waals surface area (Å²) in [5, 5.41) is 0. The minimum absolute atomic E-state index is 0.0808. The fourth-order valence-corrected chi connectivity index (χ4v) is 4.49. The van der Waals surface area contributed by atoms with Crippen LogP contribution in [0.5, 0.6) is 5.75 Å². The van der Waals surface area contributed by atoms with E-state index in [0.29, 0.717) is 27.5 Å². The van der Waals surface area contributed by atoms with Crippen molar-refractivity contribution in [1.82, 2.24) is 9.88 Å². The summed E-state index contributed by atoms with van der Waals surface area (Å²) in [7, 11) is 0. The standard InChI is InChI=1S/C29H26F2N2O5S/c1-3-37-28(34)15-33(14-22-17-36-18-32-22)29(35)21-6-4-5-19(11-21)16-38-23-9-7-20(8-10-23)24-12-25(30)26(31)13-27(24)39-2/h4-13,17-18H,3,14-16H2,1-2H3. The molecule has 1 amide bonds. The van der Waals surface area contributed by atoms with E-state index in [0.717, 1.165) is 11.1 Å². The Balaban J connectivity index is 1.45. The molecule has 1 heterocycles. The lowest BCUT2D eigenvalue weighted by Gasteiger charge is -2.21. The number of esters is 1. The van der Waals surface area contributed by atoms with E-state index >= 15 is 0 Å². The predicted molar refractivity (Wildman–Crippen MR) is 142 cm³/mol. The number of amides is 1. The SMILES string of the molecule is CCOC(=O)CN(Cc1cocn1)C(=O)c1cccc(COc2ccc(-c3cc(F)c(F)cc3SC)cc2)c1. The first-order chi connectivity index (χ1) is 18.9. The Kier molecular flexibility index (Phi) is 9.32. The minimum atomic E-state index is -0.903. The maximum Gasteiger partial charge on any atom is 0.325 e. The van der Waals surface area contributed by atoms with Crippen LogP contribution in [0.15, 0.2) is 82.6 Å². The van der Waals surface area contributed by atoms with Crippen LogP contribution in [0, 0.1) is 11.6 Å². The highest BCUT2D eigenvalue weighted by Gasteiger charge is 2.21. The smallest absolute Gasteiger partial charge is 0.325 e. The van der Waals surface area contributed by atoms with Gasteiger partial charge in [0.25, 0.3) is 5.91 Å². The molecule has 0 unspecified atom stereocenters. The summed E-state index contributed by atoms with van der Waals surface area (Å²) in [6, 6.07) is 16.3. The van der Waals surface area contributed by atoms with Crippen LogP contribution in [0.1, 0.15) is 28.5 Å². The average Bonchev–Trinajstić information content (AvgIpc) is 3.46. The summed E-state index contributed by atoms with van der Waals surface area (Å²) < 4.78 is 43.4. The van der Waals surface area contributed by atoms with E-state index < -0.39 is 17.6 Å². The van der Waals surface area contributed by atoms with E-state index in [4.69, 9.17) is 13.9 Å². The van der Waals surface area contributed by atoms with Crippen LogP contribution in [0.25, 0.3) is 11.1 Å². The molecule has 4 rings (SSSR count). The number of hydrogen-bond donors (Lipinski definition) is 0. The number of hydrogen-bond acceptors (Lipinski definition) is 7. The van der Waals surface area contributed by atoms with Crippen LogP contribution in [-0.4, -0.2) is 41.2 Å². The number of benzene rings is 3. The van der Waals surface area contributed by atoms with Crippen molar-refractivity contribution in [2.24, 2.45) is 0 Å². The number of nitrogens with zero attached hydrogens (tertiary/aromatic N) is 2. The minimum Gasteiger partial charge on any atom is -0.489 e. The van der Waals surface area contributed by atoms with Gasteiger partial charge in [0.1, 0.15) is 25.2 Å². The summed E-state index contributed by atoms with van der Waals surface area (Å²) >= 11 is 1.33. The molecule has 3 aromatic carbocycles. The van der Waals surface area contributed by atoms with Gasteiger partial charge in [0.15, 0.2) is 18.0 Å². The Hall–Kier alpha value is -4.18. The van der Waals surface area contributed by atoms with Gasteiger partial charge in [0, 0.05) is 10.5 Å². The fourth-order valence-electron chi connectivity index (χ4n) is 3.87. The molecule has 0 saturated heterocycles. The Bertz CT molecular complexity index is 1430. The van der Waals surface area contributed by atoms with Gasteiger partial charge in [0.05, 0.1) is 18.8 Å². The molecule has 0 aliphatic carbocycles. The average molecular weight is 553 g/mol.